The van der Waals surface area contributed by atoms with E-state index < -0.39 is 17.8 Å². The zero-order chi connectivity index (χ0) is 14.6. The van der Waals surface area contributed by atoms with E-state index >= 15 is 0 Å². The second-order valence-electron chi connectivity index (χ2n) is 5.15. The SMILES string of the molecule is CNC(=O)C1CCCN(C(=O)C(C)C(C)C(=O)O)C1. The molecule has 6 heteroatoms. The third-order valence-electron chi connectivity index (χ3n) is 3.88. The van der Waals surface area contributed by atoms with Gasteiger partial charge in [0.2, 0.25) is 11.8 Å². The third-order valence-corrected chi connectivity index (χ3v) is 3.88. The molecule has 0 aromatic carbocycles. The molecule has 0 spiro atoms. The van der Waals surface area contributed by atoms with Gasteiger partial charge in [-0.3, -0.25) is 14.4 Å². The van der Waals surface area contributed by atoms with Crippen LogP contribution in [0, 0.1) is 17.8 Å². The Balaban J connectivity index is 2.66. The first kappa shape index (κ1) is 15.5. The first-order valence-electron chi connectivity index (χ1n) is 6.61. The first-order valence-corrected chi connectivity index (χ1v) is 6.61. The summed E-state index contributed by atoms with van der Waals surface area (Å²) in [4.78, 5) is 36.4. The standard InChI is InChI=1S/C13H22N2O4/c1-8(9(2)13(18)19)12(17)15-6-4-5-10(7-15)11(16)14-3/h8-10H,4-7H2,1-3H3,(H,14,16)(H,18,19). The number of rotatable bonds is 4. The fourth-order valence-corrected chi connectivity index (χ4v) is 2.31. The van der Waals surface area contributed by atoms with E-state index in [1.165, 1.54) is 6.92 Å². The van der Waals surface area contributed by atoms with E-state index in [0.717, 1.165) is 12.8 Å². The lowest BCUT2D eigenvalue weighted by atomic mass is 9.91. The van der Waals surface area contributed by atoms with Gasteiger partial charge in [0.15, 0.2) is 0 Å². The van der Waals surface area contributed by atoms with Gasteiger partial charge >= 0.3 is 5.97 Å². The summed E-state index contributed by atoms with van der Waals surface area (Å²) in [6, 6.07) is 0. The van der Waals surface area contributed by atoms with Gasteiger partial charge in [-0.2, -0.15) is 0 Å². The molecule has 0 aromatic heterocycles. The number of piperidine rings is 1. The number of likely N-dealkylation sites (tertiary alicyclic amines) is 1. The van der Waals surface area contributed by atoms with Gasteiger partial charge in [0, 0.05) is 26.1 Å². The summed E-state index contributed by atoms with van der Waals surface area (Å²) < 4.78 is 0. The molecule has 1 aliphatic rings. The van der Waals surface area contributed by atoms with Crippen molar-refractivity contribution in [2.45, 2.75) is 26.7 Å². The first-order chi connectivity index (χ1) is 8.88. The molecule has 1 fully saturated rings. The molecule has 6 nitrogen and oxygen atoms in total. The van der Waals surface area contributed by atoms with Gasteiger partial charge in [-0.25, -0.2) is 0 Å². The zero-order valence-electron chi connectivity index (χ0n) is 11.7. The summed E-state index contributed by atoms with van der Waals surface area (Å²) in [5, 5.41) is 11.5. The van der Waals surface area contributed by atoms with Crippen molar-refractivity contribution in [3.63, 3.8) is 0 Å². The molecular formula is C13H22N2O4. The average Bonchev–Trinajstić information content (AvgIpc) is 2.43. The van der Waals surface area contributed by atoms with Gasteiger partial charge in [-0.15, -0.1) is 0 Å². The molecule has 108 valence electrons. The predicted octanol–water partition coefficient (Wildman–Crippen LogP) is 0.328. The highest BCUT2D eigenvalue weighted by molar-refractivity contribution is 5.85. The fourth-order valence-electron chi connectivity index (χ4n) is 2.31. The van der Waals surface area contributed by atoms with Crippen molar-refractivity contribution in [1.29, 1.82) is 0 Å². The minimum absolute atomic E-state index is 0.0589. The van der Waals surface area contributed by atoms with Crippen LogP contribution in [0.5, 0.6) is 0 Å². The van der Waals surface area contributed by atoms with Crippen molar-refractivity contribution in [3.05, 3.63) is 0 Å². The van der Waals surface area contributed by atoms with Crippen molar-refractivity contribution in [3.8, 4) is 0 Å². The number of aliphatic carboxylic acids is 1. The maximum Gasteiger partial charge on any atom is 0.307 e. The van der Waals surface area contributed by atoms with E-state index in [2.05, 4.69) is 5.32 Å². The van der Waals surface area contributed by atoms with Crippen LogP contribution in [0.25, 0.3) is 0 Å². The van der Waals surface area contributed by atoms with Crippen LogP contribution in [0.3, 0.4) is 0 Å². The second kappa shape index (κ2) is 6.54. The average molecular weight is 270 g/mol. The summed E-state index contributed by atoms with van der Waals surface area (Å²) in [5.41, 5.74) is 0. The maximum absolute atomic E-state index is 12.2. The zero-order valence-corrected chi connectivity index (χ0v) is 11.7. The van der Waals surface area contributed by atoms with Crippen molar-refractivity contribution < 1.29 is 19.5 Å². The largest absolute Gasteiger partial charge is 0.481 e. The minimum Gasteiger partial charge on any atom is -0.481 e. The van der Waals surface area contributed by atoms with Crippen LogP contribution in [-0.2, 0) is 14.4 Å². The van der Waals surface area contributed by atoms with Crippen LogP contribution in [0.1, 0.15) is 26.7 Å². The molecule has 3 unspecified atom stereocenters. The molecule has 0 bridgehead atoms. The van der Waals surface area contributed by atoms with E-state index in [0.29, 0.717) is 13.1 Å². The summed E-state index contributed by atoms with van der Waals surface area (Å²) in [5.74, 6) is -2.68. The number of carbonyl (C=O) groups excluding carboxylic acids is 2. The van der Waals surface area contributed by atoms with E-state index in [9.17, 15) is 14.4 Å². The van der Waals surface area contributed by atoms with Crippen LogP contribution in [0.4, 0.5) is 0 Å². The number of nitrogens with one attached hydrogen (secondary N) is 1. The monoisotopic (exact) mass is 270 g/mol. The van der Waals surface area contributed by atoms with E-state index in [4.69, 9.17) is 5.11 Å². The molecule has 19 heavy (non-hydrogen) atoms. The normalized spacial score (nSPS) is 22.5. The highest BCUT2D eigenvalue weighted by Crippen LogP contribution is 2.21. The Labute approximate surface area is 113 Å². The van der Waals surface area contributed by atoms with Crippen molar-refractivity contribution >= 4 is 17.8 Å². The van der Waals surface area contributed by atoms with Gasteiger partial charge < -0.3 is 15.3 Å². The van der Waals surface area contributed by atoms with Gasteiger partial charge in [0.05, 0.1) is 11.8 Å². The molecule has 3 atom stereocenters. The number of hydrogen-bond acceptors (Lipinski definition) is 3. The number of hydrogen-bond donors (Lipinski definition) is 2. The molecule has 0 saturated carbocycles. The summed E-state index contributed by atoms with van der Waals surface area (Å²) in [6.45, 7) is 4.15. The Morgan fingerprint density at radius 2 is 1.89 bits per heavy atom. The maximum atomic E-state index is 12.2. The Hall–Kier alpha value is -1.59. The fraction of sp³-hybridized carbons (Fsp3) is 0.769. The molecule has 2 N–H and O–H groups in total. The Morgan fingerprint density at radius 1 is 1.26 bits per heavy atom. The molecule has 1 saturated heterocycles. The molecule has 1 heterocycles. The lowest BCUT2D eigenvalue weighted by molar-refractivity contribution is -0.150. The number of carbonyl (C=O) groups is 3. The van der Waals surface area contributed by atoms with E-state index in [1.54, 1.807) is 18.9 Å². The van der Waals surface area contributed by atoms with E-state index in [1.807, 2.05) is 0 Å². The summed E-state index contributed by atoms with van der Waals surface area (Å²) in [6.07, 6.45) is 1.55. The molecule has 1 aliphatic heterocycles. The second-order valence-corrected chi connectivity index (χ2v) is 5.15. The quantitative estimate of drug-likeness (QED) is 0.770. The number of nitrogens with zero attached hydrogens (tertiary/aromatic N) is 1. The van der Waals surface area contributed by atoms with Crippen LogP contribution in [0.2, 0.25) is 0 Å². The molecule has 0 aromatic rings. The van der Waals surface area contributed by atoms with Crippen LogP contribution in [0.15, 0.2) is 0 Å². The van der Waals surface area contributed by atoms with E-state index in [-0.39, 0.29) is 17.7 Å². The highest BCUT2D eigenvalue weighted by atomic mass is 16.4. The topological polar surface area (TPSA) is 86.7 Å². The number of carboxylic acid groups (broad SMARTS) is 1. The number of amides is 2. The summed E-state index contributed by atoms with van der Waals surface area (Å²) >= 11 is 0. The third kappa shape index (κ3) is 3.68. The van der Waals surface area contributed by atoms with Crippen molar-refractivity contribution in [2.75, 3.05) is 20.1 Å². The Kier molecular flexibility index (Phi) is 5.32. The lowest BCUT2D eigenvalue weighted by Gasteiger charge is -2.34. The predicted molar refractivity (Wildman–Crippen MR) is 69.3 cm³/mol. The Bertz CT molecular complexity index is 370. The smallest absolute Gasteiger partial charge is 0.307 e. The molecule has 2 amide bonds. The van der Waals surface area contributed by atoms with Gasteiger partial charge in [0.25, 0.3) is 0 Å². The van der Waals surface area contributed by atoms with Crippen molar-refractivity contribution in [1.82, 2.24) is 10.2 Å². The molecule has 0 radical (unpaired) electrons. The molecule has 0 aliphatic carbocycles. The number of carboxylic acids is 1. The highest BCUT2D eigenvalue weighted by Gasteiger charge is 2.33. The van der Waals surface area contributed by atoms with Gasteiger partial charge in [-0.05, 0) is 12.8 Å². The van der Waals surface area contributed by atoms with Crippen molar-refractivity contribution in [2.24, 2.45) is 17.8 Å². The summed E-state index contributed by atoms with van der Waals surface area (Å²) in [7, 11) is 1.58. The lowest BCUT2D eigenvalue weighted by Crippen LogP contribution is -2.47. The van der Waals surface area contributed by atoms with Crippen LogP contribution < -0.4 is 5.32 Å². The van der Waals surface area contributed by atoms with Crippen LogP contribution in [-0.4, -0.2) is 47.9 Å². The van der Waals surface area contributed by atoms with Gasteiger partial charge in [-0.1, -0.05) is 13.8 Å². The van der Waals surface area contributed by atoms with Crippen LogP contribution >= 0.6 is 0 Å². The molecule has 1 rings (SSSR count). The minimum atomic E-state index is -0.972. The molecular weight excluding hydrogens is 248 g/mol. The Morgan fingerprint density at radius 3 is 2.42 bits per heavy atom. The van der Waals surface area contributed by atoms with Gasteiger partial charge in [0.1, 0.15) is 0 Å².